The second-order valence-corrected chi connectivity index (χ2v) is 9.58. The highest BCUT2D eigenvalue weighted by Crippen LogP contribution is 2.40. The molecule has 0 saturated carbocycles. The van der Waals surface area contributed by atoms with Crippen LogP contribution in [0.2, 0.25) is 0 Å². The van der Waals surface area contributed by atoms with Gasteiger partial charge in [0.15, 0.2) is 5.17 Å². The lowest BCUT2D eigenvalue weighted by atomic mass is 9.93. The Labute approximate surface area is 199 Å². The van der Waals surface area contributed by atoms with Crippen LogP contribution in [0.25, 0.3) is 0 Å². The zero-order chi connectivity index (χ0) is 23.5. The Morgan fingerprint density at radius 3 is 2.45 bits per heavy atom. The number of thioether (sulfide) groups is 1. The normalized spacial score (nSPS) is 17.9. The van der Waals surface area contributed by atoms with Gasteiger partial charge in [-0.1, -0.05) is 43.0 Å². The molecule has 2 aromatic carbocycles. The molecule has 2 heterocycles. The third-order valence-corrected chi connectivity index (χ3v) is 7.08. The first-order chi connectivity index (χ1) is 15.9. The molecule has 1 saturated heterocycles. The van der Waals surface area contributed by atoms with Gasteiger partial charge in [-0.15, -0.1) is 0 Å². The smallest absolute Gasteiger partial charge is 0.255 e. The minimum Gasteiger partial charge on any atom is -0.345 e. The predicted molar refractivity (Wildman–Crippen MR) is 136 cm³/mol. The molecular weight excluding hydrogens is 432 g/mol. The van der Waals surface area contributed by atoms with Crippen molar-refractivity contribution in [2.45, 2.75) is 32.7 Å². The van der Waals surface area contributed by atoms with Crippen molar-refractivity contribution < 1.29 is 9.59 Å². The Morgan fingerprint density at radius 1 is 1.12 bits per heavy atom. The number of benzene rings is 2. The van der Waals surface area contributed by atoms with Crippen molar-refractivity contribution in [3.63, 3.8) is 0 Å². The average Bonchev–Trinajstić information content (AvgIpc) is 2.83. The number of allylic oxidation sites excluding steroid dienone is 1. The number of anilines is 1. The van der Waals surface area contributed by atoms with E-state index >= 15 is 0 Å². The maximum atomic E-state index is 13.1. The van der Waals surface area contributed by atoms with Gasteiger partial charge in [-0.05, 0) is 55.2 Å². The summed E-state index contributed by atoms with van der Waals surface area (Å²) < 4.78 is 0. The van der Waals surface area contributed by atoms with Crippen LogP contribution >= 0.6 is 11.8 Å². The number of carbonyl (C=O) groups excluding carboxylic acids is 2. The summed E-state index contributed by atoms with van der Waals surface area (Å²) in [5.41, 5.74) is 5.05. The van der Waals surface area contributed by atoms with E-state index in [4.69, 9.17) is 4.99 Å². The number of carbonyl (C=O) groups is 2. The third-order valence-electron chi connectivity index (χ3n) is 6.00. The van der Waals surface area contributed by atoms with E-state index in [1.165, 1.54) is 5.56 Å². The van der Waals surface area contributed by atoms with Crippen LogP contribution in [-0.4, -0.2) is 53.2 Å². The highest BCUT2D eigenvalue weighted by atomic mass is 32.2. The minimum atomic E-state index is -0.188. The molecule has 1 fully saturated rings. The number of hydrogen-bond donors (Lipinski definition) is 1. The predicted octanol–water partition coefficient (Wildman–Crippen LogP) is 4.71. The maximum Gasteiger partial charge on any atom is 0.255 e. The maximum absolute atomic E-state index is 13.1. The summed E-state index contributed by atoms with van der Waals surface area (Å²) in [5.74, 6) is 0.879. The summed E-state index contributed by atoms with van der Waals surface area (Å²) in [6.07, 6.45) is 1.99. The van der Waals surface area contributed by atoms with E-state index < -0.39 is 0 Å². The first-order valence-electron chi connectivity index (χ1n) is 11.3. The molecule has 33 heavy (non-hydrogen) atoms. The van der Waals surface area contributed by atoms with Gasteiger partial charge in [-0.3, -0.25) is 9.59 Å². The Bertz CT molecular complexity index is 1100. The number of rotatable bonds is 5. The number of aryl methyl sites for hydroxylation is 1. The van der Waals surface area contributed by atoms with E-state index in [1.807, 2.05) is 55.5 Å². The van der Waals surface area contributed by atoms with Crippen molar-refractivity contribution in [3.05, 3.63) is 76.5 Å². The van der Waals surface area contributed by atoms with Crippen molar-refractivity contribution >= 4 is 34.4 Å². The standard InChI is InChI=1S/C26H30N4O2S/c1-5-18-7-9-20(10-8-18)24(31)28-21-13-11-19(12-14-21)23-22(25(32)29(3)4)17(2)27-26-30(23)15-6-16-33-26/h7-14,23H,5-6,15-16H2,1-4H3,(H,28,31). The number of fused-ring (bicyclic) bond motifs is 1. The number of hydrogen-bond acceptors (Lipinski definition) is 5. The van der Waals surface area contributed by atoms with Crippen LogP contribution in [0.15, 0.2) is 64.8 Å². The number of amides is 2. The van der Waals surface area contributed by atoms with Crippen molar-refractivity contribution in [3.8, 4) is 0 Å². The molecule has 0 aliphatic carbocycles. The lowest BCUT2D eigenvalue weighted by Gasteiger charge is -2.41. The summed E-state index contributed by atoms with van der Waals surface area (Å²) in [5, 5.41) is 3.95. The van der Waals surface area contributed by atoms with Crippen LogP contribution in [0.5, 0.6) is 0 Å². The number of aliphatic imine (C=N–C) groups is 1. The molecule has 0 bridgehead atoms. The molecule has 2 aliphatic heterocycles. The monoisotopic (exact) mass is 462 g/mol. The van der Waals surface area contributed by atoms with Gasteiger partial charge < -0.3 is 15.1 Å². The highest BCUT2D eigenvalue weighted by molar-refractivity contribution is 8.13. The van der Waals surface area contributed by atoms with Gasteiger partial charge in [0, 0.05) is 37.6 Å². The van der Waals surface area contributed by atoms with E-state index in [9.17, 15) is 9.59 Å². The van der Waals surface area contributed by atoms with E-state index in [0.29, 0.717) is 11.1 Å². The topological polar surface area (TPSA) is 65.0 Å². The molecule has 2 aromatic rings. The lowest BCUT2D eigenvalue weighted by Crippen LogP contribution is -2.43. The zero-order valence-corrected chi connectivity index (χ0v) is 20.4. The molecule has 7 heteroatoms. The van der Waals surface area contributed by atoms with Gasteiger partial charge in [0.25, 0.3) is 11.8 Å². The van der Waals surface area contributed by atoms with Crippen LogP contribution in [0.1, 0.15) is 47.8 Å². The molecule has 4 rings (SSSR count). The average molecular weight is 463 g/mol. The molecule has 1 N–H and O–H groups in total. The van der Waals surface area contributed by atoms with Crippen molar-refractivity contribution in [1.29, 1.82) is 0 Å². The molecule has 6 nitrogen and oxygen atoms in total. The summed E-state index contributed by atoms with van der Waals surface area (Å²) in [6.45, 7) is 4.87. The molecule has 1 unspecified atom stereocenters. The summed E-state index contributed by atoms with van der Waals surface area (Å²) in [6, 6.07) is 15.3. The minimum absolute atomic E-state index is 0.0243. The van der Waals surface area contributed by atoms with Gasteiger partial charge >= 0.3 is 0 Å². The van der Waals surface area contributed by atoms with Gasteiger partial charge in [-0.25, -0.2) is 4.99 Å². The van der Waals surface area contributed by atoms with Gasteiger partial charge in [0.1, 0.15) is 0 Å². The Hall–Kier alpha value is -3.06. The van der Waals surface area contributed by atoms with E-state index in [-0.39, 0.29) is 17.9 Å². The molecule has 0 aromatic heterocycles. The number of amidine groups is 1. The molecule has 1 atom stereocenters. The van der Waals surface area contributed by atoms with Crippen LogP contribution < -0.4 is 5.32 Å². The molecule has 0 radical (unpaired) electrons. The lowest BCUT2D eigenvalue weighted by molar-refractivity contribution is -0.125. The number of likely N-dealkylation sites (N-methyl/N-ethyl adjacent to an activating group) is 1. The number of nitrogens with one attached hydrogen (secondary N) is 1. The molecule has 2 amide bonds. The molecule has 0 spiro atoms. The van der Waals surface area contributed by atoms with Crippen LogP contribution in [0.4, 0.5) is 5.69 Å². The third kappa shape index (κ3) is 4.83. The second-order valence-electron chi connectivity index (χ2n) is 8.52. The SMILES string of the molecule is CCc1ccc(C(=O)Nc2ccc(C3C(C(=O)N(C)C)=C(C)N=C4SCCCN43)cc2)cc1. The van der Waals surface area contributed by atoms with Crippen LogP contribution in [0.3, 0.4) is 0 Å². The van der Waals surface area contributed by atoms with Gasteiger partial charge in [0.05, 0.1) is 17.3 Å². The summed E-state index contributed by atoms with van der Waals surface area (Å²) >= 11 is 1.74. The summed E-state index contributed by atoms with van der Waals surface area (Å²) in [4.78, 5) is 34.3. The van der Waals surface area contributed by atoms with E-state index in [1.54, 1.807) is 30.8 Å². The largest absolute Gasteiger partial charge is 0.345 e. The van der Waals surface area contributed by atoms with Crippen molar-refractivity contribution in [2.24, 2.45) is 4.99 Å². The Balaban J connectivity index is 1.59. The van der Waals surface area contributed by atoms with Crippen molar-refractivity contribution in [1.82, 2.24) is 9.80 Å². The first kappa shape index (κ1) is 23.1. The van der Waals surface area contributed by atoms with Crippen molar-refractivity contribution in [2.75, 3.05) is 31.7 Å². The van der Waals surface area contributed by atoms with Gasteiger partial charge in [-0.2, -0.15) is 0 Å². The van der Waals surface area contributed by atoms with E-state index in [0.717, 1.165) is 47.3 Å². The number of nitrogens with zero attached hydrogens (tertiary/aromatic N) is 3. The Morgan fingerprint density at radius 2 is 1.82 bits per heavy atom. The Kier molecular flexibility index (Phi) is 6.88. The molecular formula is C26H30N4O2S. The quantitative estimate of drug-likeness (QED) is 0.699. The molecule has 2 aliphatic rings. The zero-order valence-electron chi connectivity index (χ0n) is 19.6. The molecule has 172 valence electrons. The van der Waals surface area contributed by atoms with Gasteiger partial charge in [0.2, 0.25) is 0 Å². The fourth-order valence-corrected chi connectivity index (χ4v) is 5.19. The van der Waals surface area contributed by atoms with E-state index in [2.05, 4.69) is 17.1 Å². The second kappa shape index (κ2) is 9.83. The van der Waals surface area contributed by atoms with Crippen LogP contribution in [-0.2, 0) is 11.2 Å². The fourth-order valence-electron chi connectivity index (χ4n) is 4.17. The van der Waals surface area contributed by atoms with Crippen LogP contribution in [0, 0.1) is 0 Å². The fraction of sp³-hybridized carbons (Fsp3) is 0.346. The first-order valence-corrected chi connectivity index (χ1v) is 12.3. The highest BCUT2D eigenvalue weighted by Gasteiger charge is 2.37. The summed E-state index contributed by atoms with van der Waals surface area (Å²) in [7, 11) is 3.55.